The number of nitrogens with zero attached hydrogens (tertiary/aromatic N) is 3. The zero-order valence-corrected chi connectivity index (χ0v) is 14.7. The minimum Gasteiger partial charge on any atom is -0.278 e. The number of fused-ring (bicyclic) bond motifs is 1. The normalized spacial score (nSPS) is 11.3. The molecule has 3 nitrogen and oxygen atoms in total. The first kappa shape index (κ1) is 15.1. The number of benzene rings is 1. The molecule has 1 aromatic carbocycles. The summed E-state index contributed by atoms with van der Waals surface area (Å²) in [6.45, 7) is 1.95. The molecule has 0 aliphatic rings. The molecule has 0 radical (unpaired) electrons. The van der Waals surface area contributed by atoms with Crippen LogP contribution in [-0.4, -0.2) is 14.5 Å². The van der Waals surface area contributed by atoms with Crippen molar-refractivity contribution in [3.05, 3.63) is 50.3 Å². The van der Waals surface area contributed by atoms with Crippen LogP contribution in [0.15, 0.2) is 28.9 Å². The summed E-state index contributed by atoms with van der Waals surface area (Å²) in [5.74, 6) is 0.938. The van der Waals surface area contributed by atoms with Crippen molar-refractivity contribution in [2.24, 2.45) is 0 Å². The number of alkyl halides is 1. The highest BCUT2D eigenvalue weighted by atomic mass is 79.9. The molecular formula is C14H9BrCl3N3. The Kier molecular flexibility index (Phi) is 4.14. The Morgan fingerprint density at radius 3 is 2.71 bits per heavy atom. The first-order chi connectivity index (χ1) is 10.0. The minimum absolute atomic E-state index is 0.256. The molecule has 0 aliphatic carbocycles. The van der Waals surface area contributed by atoms with Crippen LogP contribution in [0.4, 0.5) is 0 Å². The van der Waals surface area contributed by atoms with Gasteiger partial charge < -0.3 is 0 Å². The summed E-state index contributed by atoms with van der Waals surface area (Å²) in [5.41, 5.74) is 3.22. The Morgan fingerprint density at radius 2 is 2.00 bits per heavy atom. The van der Waals surface area contributed by atoms with Gasteiger partial charge in [-0.3, -0.25) is 4.57 Å². The fourth-order valence-electron chi connectivity index (χ4n) is 2.14. The number of imidazole rings is 1. The molecular weight excluding hydrogens is 396 g/mol. The van der Waals surface area contributed by atoms with Crippen LogP contribution in [0.2, 0.25) is 10.0 Å². The van der Waals surface area contributed by atoms with E-state index in [1.54, 1.807) is 12.3 Å². The lowest BCUT2D eigenvalue weighted by atomic mass is 10.2. The zero-order valence-electron chi connectivity index (χ0n) is 10.9. The Hall–Kier alpha value is -0.810. The van der Waals surface area contributed by atoms with E-state index in [2.05, 4.69) is 25.9 Å². The van der Waals surface area contributed by atoms with Crippen molar-refractivity contribution < 1.29 is 0 Å². The summed E-state index contributed by atoms with van der Waals surface area (Å²) >= 11 is 21.8. The highest BCUT2D eigenvalue weighted by Gasteiger charge is 2.16. The summed E-state index contributed by atoms with van der Waals surface area (Å²) in [5, 5.41) is 1.21. The molecule has 0 N–H and O–H groups in total. The highest BCUT2D eigenvalue weighted by molar-refractivity contribution is 9.10. The highest BCUT2D eigenvalue weighted by Crippen LogP contribution is 2.32. The fourth-order valence-corrected chi connectivity index (χ4v) is 3.26. The molecule has 3 aromatic rings. The van der Waals surface area contributed by atoms with Crippen molar-refractivity contribution >= 4 is 61.9 Å². The molecule has 0 aliphatic heterocycles. The van der Waals surface area contributed by atoms with E-state index in [1.807, 2.05) is 23.6 Å². The number of halogens is 4. The van der Waals surface area contributed by atoms with Crippen molar-refractivity contribution in [3.8, 4) is 5.69 Å². The summed E-state index contributed by atoms with van der Waals surface area (Å²) in [4.78, 5) is 8.85. The van der Waals surface area contributed by atoms with Crippen LogP contribution in [0.3, 0.4) is 0 Å². The Balaban J connectivity index is 2.36. The van der Waals surface area contributed by atoms with Gasteiger partial charge in [0.05, 0.1) is 16.6 Å². The van der Waals surface area contributed by atoms with E-state index in [0.29, 0.717) is 27.0 Å². The summed E-state index contributed by atoms with van der Waals surface area (Å²) in [7, 11) is 0. The topological polar surface area (TPSA) is 30.7 Å². The van der Waals surface area contributed by atoms with Gasteiger partial charge in [-0.1, -0.05) is 23.2 Å². The second-order valence-electron chi connectivity index (χ2n) is 4.55. The Bertz CT molecular complexity index is 845. The van der Waals surface area contributed by atoms with E-state index < -0.39 is 0 Å². The second kappa shape index (κ2) is 5.76. The smallest absolute Gasteiger partial charge is 0.164 e. The molecule has 0 atom stereocenters. The van der Waals surface area contributed by atoms with Gasteiger partial charge in [0.1, 0.15) is 11.3 Å². The molecule has 0 bridgehead atoms. The van der Waals surface area contributed by atoms with Gasteiger partial charge in [0.25, 0.3) is 0 Å². The van der Waals surface area contributed by atoms with Gasteiger partial charge in [-0.25, -0.2) is 9.97 Å². The van der Waals surface area contributed by atoms with E-state index in [9.17, 15) is 0 Å². The van der Waals surface area contributed by atoms with Crippen LogP contribution < -0.4 is 0 Å². The molecule has 0 saturated heterocycles. The van der Waals surface area contributed by atoms with E-state index in [1.165, 1.54) is 0 Å². The standard InChI is InChI=1S/C14H9BrCl3N3/c1-7-2-9(15)12(4-10(7)18)21-13(5-16)20-11-3-8(17)6-19-14(11)21/h2-4,6H,5H2,1H3. The average Bonchev–Trinajstić information content (AvgIpc) is 2.80. The predicted molar refractivity (Wildman–Crippen MR) is 90.9 cm³/mol. The van der Waals surface area contributed by atoms with Gasteiger partial charge in [-0.2, -0.15) is 0 Å². The summed E-state index contributed by atoms with van der Waals surface area (Å²) < 4.78 is 2.78. The van der Waals surface area contributed by atoms with Crippen molar-refractivity contribution in [2.45, 2.75) is 12.8 Å². The molecule has 0 amide bonds. The number of aryl methyl sites for hydroxylation is 1. The lowest BCUT2D eigenvalue weighted by Crippen LogP contribution is -2.02. The predicted octanol–water partition coefficient (Wildman–Crippen LogP) is 5.54. The average molecular weight is 406 g/mol. The third-order valence-electron chi connectivity index (χ3n) is 3.12. The molecule has 2 heterocycles. The van der Waals surface area contributed by atoms with Gasteiger partial charge in [0.2, 0.25) is 0 Å². The van der Waals surface area contributed by atoms with Gasteiger partial charge in [-0.15, -0.1) is 11.6 Å². The SMILES string of the molecule is Cc1cc(Br)c(-n2c(CCl)nc3cc(Cl)cnc32)cc1Cl. The maximum Gasteiger partial charge on any atom is 0.164 e. The van der Waals surface area contributed by atoms with Gasteiger partial charge in [-0.05, 0) is 46.6 Å². The summed E-state index contributed by atoms with van der Waals surface area (Å²) in [6, 6.07) is 5.59. The van der Waals surface area contributed by atoms with Crippen LogP contribution in [0.25, 0.3) is 16.9 Å². The van der Waals surface area contributed by atoms with E-state index in [4.69, 9.17) is 34.8 Å². The maximum absolute atomic E-state index is 6.25. The lowest BCUT2D eigenvalue weighted by Gasteiger charge is -2.11. The molecule has 0 unspecified atom stereocenters. The third-order valence-corrected chi connectivity index (χ3v) is 4.61. The first-order valence-electron chi connectivity index (χ1n) is 6.06. The van der Waals surface area contributed by atoms with E-state index in [-0.39, 0.29) is 5.88 Å². The maximum atomic E-state index is 6.25. The Labute approximate surface area is 145 Å². The third kappa shape index (κ3) is 2.66. The van der Waals surface area contributed by atoms with Crippen LogP contribution >= 0.6 is 50.7 Å². The molecule has 3 rings (SSSR count). The molecule has 0 saturated carbocycles. The van der Waals surface area contributed by atoms with Gasteiger partial charge in [0, 0.05) is 15.7 Å². The number of hydrogen-bond donors (Lipinski definition) is 0. The molecule has 21 heavy (non-hydrogen) atoms. The van der Waals surface area contributed by atoms with Gasteiger partial charge in [0.15, 0.2) is 5.65 Å². The first-order valence-corrected chi connectivity index (χ1v) is 8.14. The quantitative estimate of drug-likeness (QED) is 0.524. The van der Waals surface area contributed by atoms with Crippen molar-refractivity contribution in [1.82, 2.24) is 14.5 Å². The van der Waals surface area contributed by atoms with Crippen LogP contribution in [-0.2, 0) is 5.88 Å². The largest absolute Gasteiger partial charge is 0.278 e. The molecule has 0 fully saturated rings. The number of hydrogen-bond acceptors (Lipinski definition) is 2. The van der Waals surface area contributed by atoms with E-state index >= 15 is 0 Å². The Morgan fingerprint density at radius 1 is 1.24 bits per heavy atom. The molecule has 108 valence electrons. The van der Waals surface area contributed by atoms with Gasteiger partial charge >= 0.3 is 0 Å². The van der Waals surface area contributed by atoms with Crippen molar-refractivity contribution in [1.29, 1.82) is 0 Å². The second-order valence-corrected chi connectivity index (χ2v) is 6.51. The van der Waals surface area contributed by atoms with Crippen LogP contribution in [0.5, 0.6) is 0 Å². The lowest BCUT2D eigenvalue weighted by molar-refractivity contribution is 0.964. The van der Waals surface area contributed by atoms with Crippen LogP contribution in [0, 0.1) is 6.92 Å². The van der Waals surface area contributed by atoms with Crippen molar-refractivity contribution in [3.63, 3.8) is 0 Å². The minimum atomic E-state index is 0.256. The number of pyridine rings is 1. The molecule has 7 heteroatoms. The number of rotatable bonds is 2. The number of aromatic nitrogens is 3. The fraction of sp³-hybridized carbons (Fsp3) is 0.143. The van der Waals surface area contributed by atoms with Crippen LogP contribution in [0.1, 0.15) is 11.4 Å². The summed E-state index contributed by atoms with van der Waals surface area (Å²) in [6.07, 6.45) is 1.59. The molecule has 2 aromatic heterocycles. The van der Waals surface area contributed by atoms with Crippen molar-refractivity contribution in [2.75, 3.05) is 0 Å². The monoisotopic (exact) mass is 403 g/mol. The molecule has 0 spiro atoms. The van der Waals surface area contributed by atoms with E-state index in [0.717, 1.165) is 15.7 Å². The zero-order chi connectivity index (χ0) is 15.1.